The fourth-order valence-corrected chi connectivity index (χ4v) is 4.71. The lowest BCUT2D eigenvalue weighted by Gasteiger charge is -2.26. The Balaban J connectivity index is 1.66. The Morgan fingerprint density at radius 1 is 1.14 bits per heavy atom. The Bertz CT molecular complexity index is 613. The molecule has 3 N–H and O–H groups in total. The number of nitrogens with one attached hydrogen (secondary N) is 1. The molecule has 21 heavy (non-hydrogen) atoms. The Morgan fingerprint density at radius 3 is 2.76 bits per heavy atom. The minimum Gasteiger partial charge on any atom is -0.328 e. The number of nitrogens with two attached hydrogens (primary N) is 1. The standard InChI is InChI=1S/C16H24N2O2S/c17-15-6-1-3-12(9-15)11-18-21(19,20)16-8-7-13-4-2-5-14(13)10-16/h7-8,10,12,15,18H,1-6,9,11,17H2. The van der Waals surface area contributed by atoms with Crippen LogP contribution in [0.5, 0.6) is 0 Å². The zero-order chi connectivity index (χ0) is 14.9. The minimum absolute atomic E-state index is 0.230. The van der Waals surface area contributed by atoms with E-state index in [1.54, 1.807) is 6.07 Å². The largest absolute Gasteiger partial charge is 0.328 e. The molecular weight excluding hydrogens is 284 g/mol. The predicted octanol–water partition coefficient (Wildman–Crippen LogP) is 1.97. The first kappa shape index (κ1) is 15.0. The molecule has 1 saturated carbocycles. The van der Waals surface area contributed by atoms with E-state index >= 15 is 0 Å². The first-order valence-corrected chi connectivity index (χ1v) is 9.40. The van der Waals surface area contributed by atoms with Crippen LogP contribution in [-0.2, 0) is 22.9 Å². The molecule has 3 rings (SSSR count). The maximum Gasteiger partial charge on any atom is 0.240 e. The van der Waals surface area contributed by atoms with Crippen molar-refractivity contribution in [3.05, 3.63) is 29.3 Å². The van der Waals surface area contributed by atoms with Gasteiger partial charge < -0.3 is 5.73 Å². The summed E-state index contributed by atoms with van der Waals surface area (Å²) in [6.45, 7) is 0.507. The number of fused-ring (bicyclic) bond motifs is 1. The van der Waals surface area contributed by atoms with Crippen LogP contribution in [0, 0.1) is 5.92 Å². The second-order valence-corrected chi connectivity index (χ2v) is 8.20. The fraction of sp³-hybridized carbons (Fsp3) is 0.625. The van der Waals surface area contributed by atoms with E-state index in [-0.39, 0.29) is 6.04 Å². The van der Waals surface area contributed by atoms with E-state index in [4.69, 9.17) is 5.73 Å². The van der Waals surface area contributed by atoms with Crippen molar-refractivity contribution in [2.75, 3.05) is 6.54 Å². The Morgan fingerprint density at radius 2 is 1.95 bits per heavy atom. The smallest absolute Gasteiger partial charge is 0.240 e. The SMILES string of the molecule is NC1CCCC(CNS(=O)(=O)c2ccc3c(c2)CCC3)C1. The summed E-state index contributed by atoms with van der Waals surface area (Å²) in [7, 11) is -3.39. The highest BCUT2D eigenvalue weighted by molar-refractivity contribution is 7.89. The van der Waals surface area contributed by atoms with E-state index in [0.29, 0.717) is 17.4 Å². The van der Waals surface area contributed by atoms with E-state index in [1.807, 2.05) is 12.1 Å². The van der Waals surface area contributed by atoms with Gasteiger partial charge in [-0.1, -0.05) is 12.5 Å². The highest BCUT2D eigenvalue weighted by atomic mass is 32.2. The summed E-state index contributed by atoms with van der Waals surface area (Å²) < 4.78 is 27.6. The van der Waals surface area contributed by atoms with Gasteiger partial charge in [0.05, 0.1) is 4.90 Å². The molecule has 4 nitrogen and oxygen atoms in total. The monoisotopic (exact) mass is 308 g/mol. The number of sulfonamides is 1. The number of hydrogen-bond donors (Lipinski definition) is 2. The van der Waals surface area contributed by atoms with Crippen molar-refractivity contribution in [1.82, 2.24) is 4.72 Å². The van der Waals surface area contributed by atoms with Crippen molar-refractivity contribution in [1.29, 1.82) is 0 Å². The van der Waals surface area contributed by atoms with E-state index < -0.39 is 10.0 Å². The van der Waals surface area contributed by atoms with Crippen LogP contribution in [0.15, 0.2) is 23.1 Å². The maximum atomic E-state index is 12.4. The first-order chi connectivity index (χ1) is 10.0. The summed E-state index contributed by atoms with van der Waals surface area (Å²) >= 11 is 0. The first-order valence-electron chi connectivity index (χ1n) is 7.91. The summed E-state index contributed by atoms with van der Waals surface area (Å²) in [6.07, 6.45) is 7.36. The molecular formula is C16H24N2O2S. The summed E-state index contributed by atoms with van der Waals surface area (Å²) in [5.74, 6) is 0.373. The van der Waals surface area contributed by atoms with Gasteiger partial charge in [0.1, 0.15) is 0 Å². The molecule has 0 aliphatic heterocycles. The van der Waals surface area contributed by atoms with Crippen LogP contribution in [0.3, 0.4) is 0 Å². The Kier molecular flexibility index (Phi) is 4.33. The summed E-state index contributed by atoms with van der Waals surface area (Å²) in [5.41, 5.74) is 8.45. The molecule has 0 bridgehead atoms. The third-order valence-corrected chi connectivity index (χ3v) is 6.19. The number of rotatable bonds is 4. The number of benzene rings is 1. The van der Waals surface area contributed by atoms with Gasteiger partial charge in [-0.05, 0) is 67.7 Å². The van der Waals surface area contributed by atoms with Gasteiger partial charge >= 0.3 is 0 Å². The summed E-state index contributed by atoms with van der Waals surface area (Å²) in [5, 5.41) is 0. The topological polar surface area (TPSA) is 72.2 Å². The molecule has 2 atom stereocenters. The Hall–Kier alpha value is -0.910. The highest BCUT2D eigenvalue weighted by Crippen LogP contribution is 2.26. The van der Waals surface area contributed by atoms with Crippen LogP contribution in [0.1, 0.15) is 43.2 Å². The average molecular weight is 308 g/mol. The van der Waals surface area contributed by atoms with Crippen LogP contribution in [-0.4, -0.2) is 21.0 Å². The van der Waals surface area contributed by atoms with Gasteiger partial charge in [0.15, 0.2) is 0 Å². The van der Waals surface area contributed by atoms with E-state index in [2.05, 4.69) is 4.72 Å². The number of hydrogen-bond acceptors (Lipinski definition) is 3. The van der Waals surface area contributed by atoms with Crippen LogP contribution in [0.4, 0.5) is 0 Å². The molecule has 0 heterocycles. The van der Waals surface area contributed by atoms with Crippen LogP contribution in [0.2, 0.25) is 0 Å². The molecule has 0 aromatic heterocycles. The van der Waals surface area contributed by atoms with Gasteiger partial charge in [-0.25, -0.2) is 13.1 Å². The van der Waals surface area contributed by atoms with Crippen LogP contribution < -0.4 is 10.5 Å². The fourth-order valence-electron chi connectivity index (χ4n) is 3.54. The quantitative estimate of drug-likeness (QED) is 0.893. The molecule has 2 unspecified atom stereocenters. The van der Waals surface area contributed by atoms with Crippen molar-refractivity contribution in [2.24, 2.45) is 11.7 Å². The van der Waals surface area contributed by atoms with Gasteiger partial charge in [-0.2, -0.15) is 0 Å². The normalized spacial score (nSPS) is 25.8. The molecule has 2 aliphatic rings. The molecule has 0 radical (unpaired) electrons. The van der Waals surface area contributed by atoms with E-state index in [0.717, 1.165) is 44.9 Å². The molecule has 1 aromatic rings. The van der Waals surface area contributed by atoms with Gasteiger partial charge in [-0.3, -0.25) is 0 Å². The van der Waals surface area contributed by atoms with Crippen LogP contribution >= 0.6 is 0 Å². The number of aryl methyl sites for hydroxylation is 2. The van der Waals surface area contributed by atoms with Crippen molar-refractivity contribution in [2.45, 2.75) is 55.9 Å². The van der Waals surface area contributed by atoms with E-state index in [1.165, 1.54) is 11.1 Å². The maximum absolute atomic E-state index is 12.4. The molecule has 116 valence electrons. The molecule has 0 spiro atoms. The van der Waals surface area contributed by atoms with Gasteiger partial charge in [-0.15, -0.1) is 0 Å². The molecule has 5 heteroatoms. The molecule has 1 fully saturated rings. The predicted molar refractivity (Wildman–Crippen MR) is 83.6 cm³/mol. The lowest BCUT2D eigenvalue weighted by molar-refractivity contribution is 0.322. The second kappa shape index (κ2) is 6.07. The zero-order valence-electron chi connectivity index (χ0n) is 12.3. The van der Waals surface area contributed by atoms with E-state index in [9.17, 15) is 8.42 Å². The minimum atomic E-state index is -3.39. The van der Waals surface area contributed by atoms with Gasteiger partial charge in [0.2, 0.25) is 10.0 Å². The lowest BCUT2D eigenvalue weighted by Crippen LogP contribution is -2.35. The third kappa shape index (κ3) is 3.47. The second-order valence-electron chi connectivity index (χ2n) is 6.43. The molecule has 1 aromatic carbocycles. The molecule has 0 amide bonds. The van der Waals surface area contributed by atoms with Crippen molar-refractivity contribution < 1.29 is 8.42 Å². The summed E-state index contributed by atoms with van der Waals surface area (Å²) in [6, 6.07) is 5.78. The Labute approximate surface area is 127 Å². The van der Waals surface area contributed by atoms with Gasteiger partial charge in [0, 0.05) is 12.6 Å². The molecule has 2 aliphatic carbocycles. The van der Waals surface area contributed by atoms with Crippen molar-refractivity contribution >= 4 is 10.0 Å². The van der Waals surface area contributed by atoms with Crippen molar-refractivity contribution in [3.63, 3.8) is 0 Å². The van der Waals surface area contributed by atoms with Gasteiger partial charge in [0.25, 0.3) is 0 Å². The lowest BCUT2D eigenvalue weighted by atomic mass is 9.86. The summed E-state index contributed by atoms with van der Waals surface area (Å²) in [4.78, 5) is 0.406. The van der Waals surface area contributed by atoms with Crippen LogP contribution in [0.25, 0.3) is 0 Å². The zero-order valence-corrected chi connectivity index (χ0v) is 13.2. The van der Waals surface area contributed by atoms with Crippen molar-refractivity contribution in [3.8, 4) is 0 Å². The third-order valence-electron chi connectivity index (χ3n) is 4.77. The molecule has 0 saturated heterocycles. The highest BCUT2D eigenvalue weighted by Gasteiger charge is 2.23. The average Bonchev–Trinajstić information content (AvgIpc) is 2.93.